The summed E-state index contributed by atoms with van der Waals surface area (Å²) in [6.45, 7) is 0.292. The van der Waals surface area contributed by atoms with Gasteiger partial charge in [0.1, 0.15) is 0 Å². The van der Waals surface area contributed by atoms with Gasteiger partial charge in [-0.1, -0.05) is 29.8 Å². The molecule has 0 fully saturated rings. The van der Waals surface area contributed by atoms with Gasteiger partial charge in [-0.25, -0.2) is 0 Å². The van der Waals surface area contributed by atoms with E-state index in [2.05, 4.69) is 5.32 Å². The molecular weight excluding hydrogens is 290 g/mol. The van der Waals surface area contributed by atoms with E-state index in [-0.39, 0.29) is 5.69 Å². The lowest BCUT2D eigenvalue weighted by Gasteiger charge is -2.18. The fourth-order valence-electron chi connectivity index (χ4n) is 2.09. The van der Waals surface area contributed by atoms with Crippen LogP contribution in [0.3, 0.4) is 0 Å². The molecule has 21 heavy (non-hydrogen) atoms. The standard InChI is InChI=1S/C15H16ClN3O2/c1-18(2)15-8-4-3-7-13(15)17-10-11-12(16)6-5-9-14(11)19(20)21/h3-9,17H,10H2,1-2H3. The van der Waals surface area contributed by atoms with E-state index in [1.165, 1.54) is 6.07 Å². The fourth-order valence-corrected chi connectivity index (χ4v) is 2.33. The van der Waals surface area contributed by atoms with Gasteiger partial charge < -0.3 is 10.2 Å². The third-order valence-electron chi connectivity index (χ3n) is 3.13. The molecule has 0 saturated heterocycles. The van der Waals surface area contributed by atoms with E-state index in [0.29, 0.717) is 17.1 Å². The zero-order valence-corrected chi connectivity index (χ0v) is 12.6. The Hall–Kier alpha value is -2.27. The molecule has 0 aliphatic rings. The van der Waals surface area contributed by atoms with Crippen LogP contribution in [0.5, 0.6) is 0 Å². The first-order valence-corrected chi connectivity index (χ1v) is 6.80. The molecule has 0 bridgehead atoms. The van der Waals surface area contributed by atoms with E-state index in [4.69, 9.17) is 11.6 Å². The first-order valence-electron chi connectivity index (χ1n) is 6.42. The first kappa shape index (κ1) is 15.1. The van der Waals surface area contributed by atoms with Crippen LogP contribution in [0.25, 0.3) is 0 Å². The molecule has 0 atom stereocenters. The molecule has 1 N–H and O–H groups in total. The molecule has 2 rings (SSSR count). The van der Waals surface area contributed by atoms with Gasteiger partial charge in [-0.05, 0) is 18.2 Å². The minimum Gasteiger partial charge on any atom is -0.379 e. The lowest BCUT2D eigenvalue weighted by Crippen LogP contribution is -2.12. The van der Waals surface area contributed by atoms with Crippen molar-refractivity contribution >= 4 is 28.7 Å². The molecule has 0 aromatic heterocycles. The van der Waals surface area contributed by atoms with E-state index in [0.717, 1.165) is 11.4 Å². The first-order chi connectivity index (χ1) is 10.0. The molecule has 0 amide bonds. The molecule has 0 heterocycles. The number of para-hydroxylation sites is 2. The third kappa shape index (κ3) is 3.44. The smallest absolute Gasteiger partial charge is 0.275 e. The SMILES string of the molecule is CN(C)c1ccccc1NCc1c(Cl)cccc1[N+](=O)[O-]. The number of nitrogens with zero attached hydrogens (tertiary/aromatic N) is 2. The second-order valence-corrected chi connectivity index (χ2v) is 5.17. The highest BCUT2D eigenvalue weighted by molar-refractivity contribution is 6.31. The van der Waals surface area contributed by atoms with E-state index in [1.807, 2.05) is 43.3 Å². The Labute approximate surface area is 128 Å². The van der Waals surface area contributed by atoms with Gasteiger partial charge >= 0.3 is 0 Å². The normalized spacial score (nSPS) is 10.2. The Morgan fingerprint density at radius 1 is 1.19 bits per heavy atom. The van der Waals surface area contributed by atoms with Crippen molar-refractivity contribution in [1.29, 1.82) is 0 Å². The van der Waals surface area contributed by atoms with Gasteiger partial charge in [0.05, 0.1) is 26.9 Å². The van der Waals surface area contributed by atoms with Gasteiger partial charge in [0.25, 0.3) is 5.69 Å². The maximum absolute atomic E-state index is 11.1. The monoisotopic (exact) mass is 305 g/mol. The zero-order chi connectivity index (χ0) is 15.4. The van der Waals surface area contributed by atoms with E-state index < -0.39 is 4.92 Å². The molecule has 2 aromatic rings. The Morgan fingerprint density at radius 3 is 2.57 bits per heavy atom. The Morgan fingerprint density at radius 2 is 1.90 bits per heavy atom. The number of hydrogen-bond donors (Lipinski definition) is 1. The summed E-state index contributed by atoms with van der Waals surface area (Å²) in [6, 6.07) is 12.5. The topological polar surface area (TPSA) is 58.4 Å². The number of halogens is 1. The molecule has 0 aliphatic heterocycles. The van der Waals surface area contributed by atoms with Crippen molar-refractivity contribution in [3.05, 3.63) is 63.2 Å². The predicted molar refractivity (Wildman–Crippen MR) is 86.2 cm³/mol. The van der Waals surface area contributed by atoms with Gasteiger partial charge in [-0.15, -0.1) is 0 Å². The lowest BCUT2D eigenvalue weighted by molar-refractivity contribution is -0.385. The molecule has 5 nitrogen and oxygen atoms in total. The van der Waals surface area contributed by atoms with Crippen molar-refractivity contribution < 1.29 is 4.92 Å². The van der Waals surface area contributed by atoms with Crippen molar-refractivity contribution in [2.45, 2.75) is 6.54 Å². The van der Waals surface area contributed by atoms with Crippen LogP contribution < -0.4 is 10.2 Å². The largest absolute Gasteiger partial charge is 0.379 e. The second kappa shape index (κ2) is 6.45. The second-order valence-electron chi connectivity index (χ2n) is 4.76. The average molecular weight is 306 g/mol. The maximum Gasteiger partial charge on any atom is 0.275 e. The van der Waals surface area contributed by atoms with E-state index >= 15 is 0 Å². The van der Waals surface area contributed by atoms with Crippen molar-refractivity contribution in [2.24, 2.45) is 0 Å². The third-order valence-corrected chi connectivity index (χ3v) is 3.49. The lowest BCUT2D eigenvalue weighted by atomic mass is 10.1. The number of hydrogen-bond acceptors (Lipinski definition) is 4. The number of nitro benzene ring substituents is 1. The summed E-state index contributed by atoms with van der Waals surface area (Å²) in [7, 11) is 3.89. The zero-order valence-electron chi connectivity index (χ0n) is 11.8. The highest BCUT2D eigenvalue weighted by Crippen LogP contribution is 2.29. The van der Waals surface area contributed by atoms with Crippen LogP contribution in [0.1, 0.15) is 5.56 Å². The van der Waals surface area contributed by atoms with Crippen molar-refractivity contribution in [3.8, 4) is 0 Å². The fraction of sp³-hybridized carbons (Fsp3) is 0.200. The highest BCUT2D eigenvalue weighted by atomic mass is 35.5. The summed E-state index contributed by atoms with van der Waals surface area (Å²) in [5.41, 5.74) is 2.42. The summed E-state index contributed by atoms with van der Waals surface area (Å²) in [6.07, 6.45) is 0. The minimum absolute atomic E-state index is 0.0253. The van der Waals surface area contributed by atoms with Crippen LogP contribution in [-0.4, -0.2) is 19.0 Å². The molecular formula is C15H16ClN3O2. The van der Waals surface area contributed by atoms with Gasteiger partial charge in [0.2, 0.25) is 0 Å². The van der Waals surface area contributed by atoms with Crippen molar-refractivity contribution in [3.63, 3.8) is 0 Å². The summed E-state index contributed by atoms with van der Waals surface area (Å²) >= 11 is 6.09. The number of nitrogens with one attached hydrogen (secondary N) is 1. The molecule has 0 aliphatic carbocycles. The Bertz CT molecular complexity index is 659. The summed E-state index contributed by atoms with van der Waals surface area (Å²) in [5, 5.41) is 14.7. The molecule has 2 aromatic carbocycles. The van der Waals surface area contributed by atoms with Crippen LogP contribution in [0.15, 0.2) is 42.5 Å². The molecule has 0 saturated carbocycles. The summed E-state index contributed by atoms with van der Waals surface area (Å²) < 4.78 is 0. The van der Waals surface area contributed by atoms with Gasteiger partial charge in [0.15, 0.2) is 0 Å². The van der Waals surface area contributed by atoms with Crippen LogP contribution in [-0.2, 0) is 6.54 Å². The maximum atomic E-state index is 11.1. The molecule has 0 radical (unpaired) electrons. The Balaban J connectivity index is 2.27. The molecule has 0 unspecified atom stereocenters. The van der Waals surface area contributed by atoms with Gasteiger partial charge in [-0.2, -0.15) is 0 Å². The van der Waals surface area contributed by atoms with Gasteiger partial charge in [-0.3, -0.25) is 10.1 Å². The quantitative estimate of drug-likeness (QED) is 0.672. The molecule has 0 spiro atoms. The van der Waals surface area contributed by atoms with Crippen LogP contribution in [0.4, 0.5) is 17.1 Å². The number of rotatable bonds is 5. The van der Waals surface area contributed by atoms with Crippen LogP contribution in [0, 0.1) is 10.1 Å². The highest BCUT2D eigenvalue weighted by Gasteiger charge is 2.16. The van der Waals surface area contributed by atoms with Gasteiger partial charge in [0, 0.05) is 26.7 Å². The van der Waals surface area contributed by atoms with Crippen molar-refractivity contribution in [2.75, 3.05) is 24.3 Å². The molecule has 6 heteroatoms. The Kier molecular flexibility index (Phi) is 4.65. The number of nitro groups is 1. The summed E-state index contributed by atoms with van der Waals surface area (Å²) in [5.74, 6) is 0. The van der Waals surface area contributed by atoms with Crippen molar-refractivity contribution in [1.82, 2.24) is 0 Å². The average Bonchev–Trinajstić information content (AvgIpc) is 2.45. The number of benzene rings is 2. The van der Waals surface area contributed by atoms with Crippen LogP contribution in [0.2, 0.25) is 5.02 Å². The van der Waals surface area contributed by atoms with Crippen LogP contribution >= 0.6 is 11.6 Å². The predicted octanol–water partition coefficient (Wildman–Crippen LogP) is 3.93. The minimum atomic E-state index is -0.416. The number of anilines is 2. The van der Waals surface area contributed by atoms with E-state index in [1.54, 1.807) is 12.1 Å². The molecule has 110 valence electrons. The summed E-state index contributed by atoms with van der Waals surface area (Å²) in [4.78, 5) is 12.6. The van der Waals surface area contributed by atoms with E-state index in [9.17, 15) is 10.1 Å².